The minimum Gasteiger partial charge on any atom is -0.389 e. The normalized spacial score (nSPS) is 12.2. The van der Waals surface area contributed by atoms with Crippen molar-refractivity contribution in [2.45, 2.75) is 13.8 Å². The Kier molecular flexibility index (Phi) is 5.38. The molecule has 0 saturated heterocycles. The Labute approximate surface area is 108 Å². The molecule has 0 bridgehead atoms. The second kappa shape index (κ2) is 6.57. The maximum atomic E-state index is 5.72. The topological polar surface area (TPSA) is 47.3 Å². The zero-order chi connectivity index (χ0) is 12.8. The van der Waals surface area contributed by atoms with E-state index in [-0.39, 0.29) is 0 Å². The summed E-state index contributed by atoms with van der Waals surface area (Å²) in [7, 11) is 1.71. The molecule has 0 fully saturated rings. The zero-order valence-electron chi connectivity index (χ0n) is 10.6. The number of thiocarbonyl (C=S) groups is 1. The highest BCUT2D eigenvalue weighted by molar-refractivity contribution is 7.80. The molecule has 0 aliphatic heterocycles. The maximum absolute atomic E-state index is 5.72. The minimum atomic E-state index is 0.426. The molecule has 0 aliphatic rings. The van der Waals surface area contributed by atoms with Crippen molar-refractivity contribution >= 4 is 22.9 Å². The van der Waals surface area contributed by atoms with Crippen LogP contribution in [-0.2, 0) is 4.74 Å². The van der Waals surface area contributed by atoms with E-state index in [1.807, 2.05) is 25.1 Å². The lowest BCUT2D eigenvalue weighted by atomic mass is 10.1. The summed E-state index contributed by atoms with van der Waals surface area (Å²) in [6, 6.07) is 5.96. The van der Waals surface area contributed by atoms with Gasteiger partial charge in [-0.15, -0.1) is 0 Å². The molecule has 3 N–H and O–H groups in total. The van der Waals surface area contributed by atoms with Gasteiger partial charge in [-0.3, -0.25) is 0 Å². The highest BCUT2D eigenvalue weighted by Crippen LogP contribution is 2.20. The van der Waals surface area contributed by atoms with Crippen molar-refractivity contribution in [1.29, 1.82) is 0 Å². The number of hydrogen-bond acceptors (Lipinski definition) is 3. The van der Waals surface area contributed by atoms with E-state index < -0.39 is 0 Å². The summed E-state index contributed by atoms with van der Waals surface area (Å²) >= 11 is 5.05. The van der Waals surface area contributed by atoms with Crippen LogP contribution in [0.25, 0.3) is 0 Å². The molecule has 1 aromatic carbocycles. The quantitative estimate of drug-likeness (QED) is 0.763. The smallest absolute Gasteiger partial charge is 0.106 e. The van der Waals surface area contributed by atoms with Gasteiger partial charge in [-0.2, -0.15) is 0 Å². The Morgan fingerprint density at radius 2 is 2.24 bits per heavy atom. The summed E-state index contributed by atoms with van der Waals surface area (Å²) in [6.07, 6.45) is 0. The molecule has 1 atom stereocenters. The number of hydrogen-bond donors (Lipinski definition) is 2. The van der Waals surface area contributed by atoms with Crippen LogP contribution in [0.2, 0.25) is 0 Å². The van der Waals surface area contributed by atoms with Gasteiger partial charge < -0.3 is 15.8 Å². The monoisotopic (exact) mass is 252 g/mol. The molecule has 1 aromatic rings. The highest BCUT2D eigenvalue weighted by Gasteiger charge is 2.09. The van der Waals surface area contributed by atoms with E-state index in [2.05, 4.69) is 12.2 Å². The molecule has 0 aromatic heterocycles. The molecule has 1 unspecified atom stereocenters. The van der Waals surface area contributed by atoms with Crippen molar-refractivity contribution in [2.24, 2.45) is 11.7 Å². The summed E-state index contributed by atoms with van der Waals surface area (Å²) in [6.45, 7) is 5.76. The number of aryl methyl sites for hydroxylation is 1. The van der Waals surface area contributed by atoms with E-state index in [9.17, 15) is 0 Å². The summed E-state index contributed by atoms with van der Waals surface area (Å²) in [5.41, 5.74) is 8.81. The van der Waals surface area contributed by atoms with Crippen molar-refractivity contribution < 1.29 is 4.74 Å². The summed E-state index contributed by atoms with van der Waals surface area (Å²) in [5.74, 6) is 0.443. The van der Waals surface area contributed by atoms with Crippen LogP contribution >= 0.6 is 12.2 Å². The van der Waals surface area contributed by atoms with E-state index in [0.29, 0.717) is 10.9 Å². The number of nitrogens with one attached hydrogen (secondary N) is 1. The molecule has 17 heavy (non-hydrogen) atoms. The minimum absolute atomic E-state index is 0.426. The third kappa shape index (κ3) is 3.98. The fourth-order valence-electron chi connectivity index (χ4n) is 1.73. The molecular weight excluding hydrogens is 232 g/mol. The molecule has 0 heterocycles. The molecule has 0 saturated carbocycles. The van der Waals surface area contributed by atoms with Crippen LogP contribution in [0.5, 0.6) is 0 Å². The summed E-state index contributed by atoms with van der Waals surface area (Å²) in [4.78, 5) is 0.426. The average Bonchev–Trinajstić information content (AvgIpc) is 2.27. The van der Waals surface area contributed by atoms with Gasteiger partial charge in [-0.05, 0) is 24.5 Å². The molecule has 0 amide bonds. The maximum Gasteiger partial charge on any atom is 0.106 e. The summed E-state index contributed by atoms with van der Waals surface area (Å²) in [5, 5.41) is 3.40. The molecular formula is C13H20N2OS. The Balaban J connectivity index is 2.79. The molecule has 0 spiro atoms. The molecule has 0 radical (unpaired) electrons. The van der Waals surface area contributed by atoms with Crippen LogP contribution in [-0.4, -0.2) is 25.2 Å². The lowest BCUT2D eigenvalue weighted by Crippen LogP contribution is -2.19. The van der Waals surface area contributed by atoms with Gasteiger partial charge in [0, 0.05) is 24.9 Å². The first-order valence-electron chi connectivity index (χ1n) is 5.68. The van der Waals surface area contributed by atoms with Gasteiger partial charge >= 0.3 is 0 Å². The first kappa shape index (κ1) is 13.9. The fraction of sp³-hybridized carbons (Fsp3) is 0.462. The zero-order valence-corrected chi connectivity index (χ0v) is 11.4. The predicted molar refractivity (Wildman–Crippen MR) is 76.6 cm³/mol. The molecule has 3 nitrogen and oxygen atoms in total. The standard InChI is InChI=1S/C13H20N2OS/c1-9(8-16-3)7-15-12-10(2)5-4-6-11(12)13(14)17/h4-6,9,15H,7-8H2,1-3H3,(H2,14,17). The van der Waals surface area contributed by atoms with Crippen molar-refractivity contribution in [2.75, 3.05) is 25.6 Å². The largest absolute Gasteiger partial charge is 0.389 e. The van der Waals surface area contributed by atoms with E-state index in [0.717, 1.165) is 30.0 Å². The lowest BCUT2D eigenvalue weighted by Gasteiger charge is -2.17. The average molecular weight is 252 g/mol. The SMILES string of the molecule is COCC(C)CNc1c(C)cccc1C(N)=S. The van der Waals surface area contributed by atoms with Crippen LogP contribution in [0.3, 0.4) is 0 Å². The highest BCUT2D eigenvalue weighted by atomic mass is 32.1. The van der Waals surface area contributed by atoms with Crippen molar-refractivity contribution in [3.8, 4) is 0 Å². The number of methoxy groups -OCH3 is 1. The first-order chi connectivity index (χ1) is 8.06. The van der Waals surface area contributed by atoms with Crippen LogP contribution in [0, 0.1) is 12.8 Å². The van der Waals surface area contributed by atoms with Crippen LogP contribution in [0.15, 0.2) is 18.2 Å². The predicted octanol–water partition coefficient (Wildman–Crippen LogP) is 2.32. The van der Waals surface area contributed by atoms with Gasteiger partial charge in [0.2, 0.25) is 0 Å². The van der Waals surface area contributed by atoms with Crippen molar-refractivity contribution in [3.63, 3.8) is 0 Å². The van der Waals surface area contributed by atoms with Crippen molar-refractivity contribution in [1.82, 2.24) is 0 Å². The van der Waals surface area contributed by atoms with Crippen LogP contribution < -0.4 is 11.1 Å². The van der Waals surface area contributed by atoms with Gasteiger partial charge in [0.15, 0.2) is 0 Å². The number of nitrogens with two attached hydrogens (primary N) is 1. The van der Waals surface area contributed by atoms with Crippen molar-refractivity contribution in [3.05, 3.63) is 29.3 Å². The first-order valence-corrected chi connectivity index (χ1v) is 6.09. The third-order valence-electron chi connectivity index (χ3n) is 2.62. The van der Waals surface area contributed by atoms with Crippen LogP contribution in [0.4, 0.5) is 5.69 Å². The van der Waals surface area contributed by atoms with E-state index in [1.54, 1.807) is 7.11 Å². The second-order valence-electron chi connectivity index (χ2n) is 4.30. The van der Waals surface area contributed by atoms with Gasteiger partial charge in [0.25, 0.3) is 0 Å². The number of rotatable bonds is 6. The van der Waals surface area contributed by atoms with Gasteiger partial charge in [-0.25, -0.2) is 0 Å². The van der Waals surface area contributed by atoms with Gasteiger partial charge in [-0.1, -0.05) is 31.3 Å². The molecule has 94 valence electrons. The van der Waals surface area contributed by atoms with Crippen LogP contribution in [0.1, 0.15) is 18.1 Å². The summed E-state index contributed by atoms with van der Waals surface area (Å²) < 4.78 is 5.11. The third-order valence-corrected chi connectivity index (χ3v) is 2.84. The number of para-hydroxylation sites is 1. The lowest BCUT2D eigenvalue weighted by molar-refractivity contribution is 0.164. The number of ether oxygens (including phenoxy) is 1. The van der Waals surface area contributed by atoms with E-state index in [4.69, 9.17) is 22.7 Å². The van der Waals surface area contributed by atoms with Gasteiger partial charge in [0.1, 0.15) is 4.99 Å². The number of anilines is 1. The molecule has 1 rings (SSSR count). The molecule has 4 heteroatoms. The van der Waals surface area contributed by atoms with Gasteiger partial charge in [0.05, 0.1) is 6.61 Å². The Bertz CT molecular complexity index is 393. The fourth-order valence-corrected chi connectivity index (χ4v) is 1.90. The molecule has 0 aliphatic carbocycles. The Morgan fingerprint density at radius 1 is 1.53 bits per heavy atom. The van der Waals surface area contributed by atoms with E-state index >= 15 is 0 Å². The Hall–Kier alpha value is -1.13. The van der Waals surface area contributed by atoms with E-state index in [1.165, 1.54) is 0 Å². The number of benzene rings is 1. The second-order valence-corrected chi connectivity index (χ2v) is 4.74. The Morgan fingerprint density at radius 3 is 2.82 bits per heavy atom.